The molecule has 1 heterocycles. The van der Waals surface area contributed by atoms with Crippen molar-refractivity contribution in [1.29, 1.82) is 0 Å². The van der Waals surface area contributed by atoms with Gasteiger partial charge in [0.15, 0.2) is 0 Å². The van der Waals surface area contributed by atoms with Crippen LogP contribution in [0.2, 0.25) is 10.0 Å². The summed E-state index contributed by atoms with van der Waals surface area (Å²) in [4.78, 5) is -0.556. The summed E-state index contributed by atoms with van der Waals surface area (Å²) in [6.45, 7) is 0.122. The van der Waals surface area contributed by atoms with E-state index in [1.54, 1.807) is 12.1 Å². The summed E-state index contributed by atoms with van der Waals surface area (Å²) in [6, 6.07) is 9.33. The zero-order valence-electron chi connectivity index (χ0n) is 13.4. The van der Waals surface area contributed by atoms with Gasteiger partial charge in [-0.3, -0.25) is 0 Å². The number of nitrogens with zero attached hydrogens (tertiary/aromatic N) is 1. The first-order chi connectivity index (χ1) is 12.6. The minimum atomic E-state index is -5.01. The van der Waals surface area contributed by atoms with E-state index in [9.17, 15) is 21.6 Å². The number of para-hydroxylation sites is 1. The van der Waals surface area contributed by atoms with Gasteiger partial charge >= 0.3 is 6.36 Å². The lowest BCUT2D eigenvalue weighted by atomic mass is 10.2. The molecule has 1 aliphatic rings. The average molecular weight is 458 g/mol. The van der Waals surface area contributed by atoms with Crippen molar-refractivity contribution in [1.82, 2.24) is 4.31 Å². The number of thioether (sulfide) groups is 1. The maximum Gasteiger partial charge on any atom is 0.573 e. The molecule has 0 N–H and O–H groups in total. The normalized spacial score (nSPS) is 18.6. The fraction of sp³-hybridized carbons (Fsp3) is 0.250. The van der Waals surface area contributed by atoms with Gasteiger partial charge in [0, 0.05) is 22.3 Å². The number of benzene rings is 2. The second-order valence-corrected chi connectivity index (χ2v) is 9.39. The summed E-state index contributed by atoms with van der Waals surface area (Å²) < 4.78 is 69.2. The van der Waals surface area contributed by atoms with Gasteiger partial charge in [0.2, 0.25) is 10.0 Å². The highest BCUT2D eigenvalue weighted by molar-refractivity contribution is 8.01. The Hall–Kier alpha value is -1.13. The van der Waals surface area contributed by atoms with Crippen molar-refractivity contribution in [2.24, 2.45) is 0 Å². The highest BCUT2D eigenvalue weighted by atomic mass is 35.5. The first-order valence-electron chi connectivity index (χ1n) is 7.53. The topological polar surface area (TPSA) is 46.6 Å². The van der Waals surface area contributed by atoms with Gasteiger partial charge in [-0.15, -0.1) is 24.9 Å². The second kappa shape index (κ2) is 7.71. The van der Waals surface area contributed by atoms with Crippen molar-refractivity contribution in [2.45, 2.75) is 16.6 Å². The summed E-state index contributed by atoms with van der Waals surface area (Å²) in [5.41, 5.74) is 0.515. The third-order valence-electron chi connectivity index (χ3n) is 3.74. The minimum absolute atomic E-state index is 0.122. The molecule has 0 saturated carbocycles. The number of alkyl halides is 3. The van der Waals surface area contributed by atoms with E-state index in [1.807, 2.05) is 0 Å². The molecule has 1 fully saturated rings. The molecular formula is C16H12Cl2F3NO3S2. The summed E-state index contributed by atoms with van der Waals surface area (Å²) in [7, 11) is -4.27. The maximum absolute atomic E-state index is 13.1. The summed E-state index contributed by atoms with van der Waals surface area (Å²) in [5, 5.41) is -0.00860. The van der Waals surface area contributed by atoms with Crippen LogP contribution >= 0.6 is 35.0 Å². The van der Waals surface area contributed by atoms with Crippen molar-refractivity contribution in [3.63, 3.8) is 0 Å². The van der Waals surface area contributed by atoms with E-state index in [0.29, 0.717) is 16.3 Å². The van der Waals surface area contributed by atoms with Gasteiger partial charge in [-0.25, -0.2) is 8.42 Å². The third-order valence-corrected chi connectivity index (χ3v) is 7.58. The van der Waals surface area contributed by atoms with Gasteiger partial charge in [0.05, 0.1) is 5.37 Å². The molecule has 2 aromatic rings. The highest BCUT2D eigenvalue weighted by Crippen LogP contribution is 2.45. The molecule has 0 aromatic heterocycles. The van der Waals surface area contributed by atoms with Gasteiger partial charge < -0.3 is 4.74 Å². The molecule has 1 saturated heterocycles. The fourth-order valence-electron chi connectivity index (χ4n) is 2.65. The molecule has 1 atom stereocenters. The van der Waals surface area contributed by atoms with E-state index in [-0.39, 0.29) is 11.6 Å². The highest BCUT2D eigenvalue weighted by Gasteiger charge is 2.41. The lowest BCUT2D eigenvalue weighted by molar-refractivity contribution is -0.275. The Morgan fingerprint density at radius 2 is 1.85 bits per heavy atom. The second-order valence-electron chi connectivity index (χ2n) is 5.50. The zero-order chi connectivity index (χ0) is 19.8. The SMILES string of the molecule is O=S(=O)(c1ccccc1OC(F)(F)F)N1CCSC1c1ccc(Cl)cc1Cl. The zero-order valence-corrected chi connectivity index (χ0v) is 16.6. The van der Waals surface area contributed by atoms with E-state index in [4.69, 9.17) is 23.2 Å². The molecule has 0 aliphatic carbocycles. The number of ether oxygens (including phenoxy) is 1. The minimum Gasteiger partial charge on any atom is -0.404 e. The van der Waals surface area contributed by atoms with Crippen LogP contribution in [0, 0.1) is 0 Å². The number of sulfonamides is 1. The average Bonchev–Trinajstić information content (AvgIpc) is 3.04. The van der Waals surface area contributed by atoms with Crippen LogP contribution < -0.4 is 4.74 Å². The van der Waals surface area contributed by atoms with Gasteiger partial charge in [-0.05, 0) is 29.8 Å². The van der Waals surface area contributed by atoms with Crippen molar-refractivity contribution >= 4 is 45.0 Å². The Morgan fingerprint density at radius 1 is 1.15 bits per heavy atom. The van der Waals surface area contributed by atoms with Crippen LogP contribution in [-0.2, 0) is 10.0 Å². The van der Waals surface area contributed by atoms with Crippen molar-refractivity contribution in [3.05, 3.63) is 58.1 Å². The van der Waals surface area contributed by atoms with E-state index in [0.717, 1.165) is 16.4 Å². The van der Waals surface area contributed by atoms with Crippen molar-refractivity contribution in [3.8, 4) is 5.75 Å². The largest absolute Gasteiger partial charge is 0.573 e. The standard InChI is InChI=1S/C16H12Cl2F3NO3S2/c17-10-5-6-11(12(18)9-10)15-22(7-8-26-15)27(23,24)14-4-2-1-3-13(14)25-16(19,20)21/h1-6,9,15H,7-8H2. The predicted molar refractivity (Wildman–Crippen MR) is 98.7 cm³/mol. The molecule has 0 radical (unpaired) electrons. The Morgan fingerprint density at radius 3 is 2.52 bits per heavy atom. The molecule has 0 amide bonds. The maximum atomic E-state index is 13.1. The molecule has 11 heteroatoms. The van der Waals surface area contributed by atoms with Crippen molar-refractivity contribution in [2.75, 3.05) is 12.3 Å². The third kappa shape index (κ3) is 4.48. The first kappa shape index (κ1) is 20.6. The summed E-state index contributed by atoms with van der Waals surface area (Å²) in [6.07, 6.45) is -5.01. The summed E-state index contributed by atoms with van der Waals surface area (Å²) in [5.74, 6) is -0.312. The van der Waals surface area contributed by atoms with Crippen LogP contribution in [0.15, 0.2) is 47.4 Å². The van der Waals surface area contributed by atoms with Crippen LogP contribution in [-0.4, -0.2) is 31.4 Å². The quantitative estimate of drug-likeness (QED) is 0.622. The smallest absolute Gasteiger partial charge is 0.404 e. The Balaban J connectivity index is 2.02. The van der Waals surface area contributed by atoms with Crippen LogP contribution in [0.3, 0.4) is 0 Å². The van der Waals surface area contributed by atoms with Crippen LogP contribution in [0.5, 0.6) is 5.75 Å². The molecule has 2 aromatic carbocycles. The van der Waals surface area contributed by atoms with Crippen LogP contribution in [0.1, 0.15) is 10.9 Å². The molecule has 0 spiro atoms. The van der Waals surface area contributed by atoms with E-state index >= 15 is 0 Å². The molecular weight excluding hydrogens is 446 g/mol. The lowest BCUT2D eigenvalue weighted by Gasteiger charge is -2.25. The Kier molecular flexibility index (Phi) is 5.88. The number of halogens is 5. The molecule has 3 rings (SSSR count). The molecule has 4 nitrogen and oxygen atoms in total. The lowest BCUT2D eigenvalue weighted by Crippen LogP contribution is -2.31. The van der Waals surface area contributed by atoms with Gasteiger partial charge in [0.25, 0.3) is 0 Å². The van der Waals surface area contributed by atoms with Crippen molar-refractivity contribution < 1.29 is 26.3 Å². The first-order valence-corrected chi connectivity index (χ1v) is 10.8. The fourth-order valence-corrected chi connectivity index (χ4v) is 6.61. The number of hydrogen-bond donors (Lipinski definition) is 0. The molecule has 27 heavy (non-hydrogen) atoms. The van der Waals surface area contributed by atoms with Crippen LogP contribution in [0.25, 0.3) is 0 Å². The molecule has 146 valence electrons. The molecule has 1 aliphatic heterocycles. The number of rotatable bonds is 4. The number of hydrogen-bond acceptors (Lipinski definition) is 4. The Labute approximate surface area is 168 Å². The monoisotopic (exact) mass is 457 g/mol. The Bertz CT molecular complexity index is 954. The van der Waals surface area contributed by atoms with E-state index in [2.05, 4.69) is 4.74 Å². The van der Waals surface area contributed by atoms with E-state index < -0.39 is 32.4 Å². The molecule has 0 bridgehead atoms. The summed E-state index contributed by atoms with van der Waals surface area (Å²) >= 11 is 13.4. The molecule has 1 unspecified atom stereocenters. The van der Waals surface area contributed by atoms with Crippen LogP contribution in [0.4, 0.5) is 13.2 Å². The predicted octanol–water partition coefficient (Wildman–Crippen LogP) is 5.33. The van der Waals surface area contributed by atoms with E-state index in [1.165, 1.54) is 30.0 Å². The van der Waals surface area contributed by atoms with Gasteiger partial charge in [-0.1, -0.05) is 41.4 Å². The van der Waals surface area contributed by atoms with Gasteiger partial charge in [0.1, 0.15) is 10.6 Å². The van der Waals surface area contributed by atoms with Gasteiger partial charge in [-0.2, -0.15) is 4.31 Å².